The van der Waals surface area contributed by atoms with Crippen LogP contribution in [0.4, 0.5) is 5.82 Å². The number of aliphatic imine (C=N–C) groups is 1. The van der Waals surface area contributed by atoms with Crippen LogP contribution in [0.1, 0.15) is 37.7 Å². The SMILES string of the molecule is CN=C(NCc1cccnc1N1CCN(C)CC1)NC1CCN(C(=O)C2CCCC2)C1. The average Bonchev–Trinajstić information content (AvgIpc) is 3.49. The molecule has 0 bridgehead atoms. The van der Waals surface area contributed by atoms with E-state index in [1.54, 1.807) is 7.05 Å². The average molecular weight is 428 g/mol. The fourth-order valence-electron chi connectivity index (χ4n) is 4.95. The van der Waals surface area contributed by atoms with Crippen molar-refractivity contribution in [3.8, 4) is 0 Å². The van der Waals surface area contributed by atoms with E-state index in [-0.39, 0.29) is 12.0 Å². The summed E-state index contributed by atoms with van der Waals surface area (Å²) >= 11 is 0. The second-order valence-corrected chi connectivity index (χ2v) is 9.10. The van der Waals surface area contributed by atoms with Crippen molar-refractivity contribution < 1.29 is 4.79 Å². The van der Waals surface area contributed by atoms with Gasteiger partial charge in [0.15, 0.2) is 5.96 Å². The number of likely N-dealkylation sites (N-methyl/N-ethyl adjacent to an activating group) is 1. The smallest absolute Gasteiger partial charge is 0.225 e. The fourth-order valence-corrected chi connectivity index (χ4v) is 4.95. The van der Waals surface area contributed by atoms with E-state index < -0.39 is 0 Å². The minimum Gasteiger partial charge on any atom is -0.354 e. The molecule has 0 radical (unpaired) electrons. The number of nitrogens with zero attached hydrogens (tertiary/aromatic N) is 5. The van der Waals surface area contributed by atoms with Crippen molar-refractivity contribution in [3.63, 3.8) is 0 Å². The van der Waals surface area contributed by atoms with Crippen LogP contribution in [-0.4, -0.2) is 86.1 Å². The van der Waals surface area contributed by atoms with Crippen molar-refractivity contribution in [1.29, 1.82) is 0 Å². The highest BCUT2D eigenvalue weighted by molar-refractivity contribution is 5.81. The number of piperazine rings is 1. The topological polar surface area (TPSA) is 76.1 Å². The van der Waals surface area contributed by atoms with Crippen LogP contribution in [0.25, 0.3) is 0 Å². The lowest BCUT2D eigenvalue weighted by atomic mass is 10.1. The molecule has 1 aromatic rings. The third-order valence-corrected chi connectivity index (χ3v) is 6.89. The number of hydrogen-bond donors (Lipinski definition) is 2. The number of likely N-dealkylation sites (tertiary alicyclic amines) is 1. The number of carbonyl (C=O) groups excluding carboxylic acids is 1. The molecular formula is C23H37N7O. The molecule has 2 saturated heterocycles. The lowest BCUT2D eigenvalue weighted by Crippen LogP contribution is -2.46. The first-order valence-corrected chi connectivity index (χ1v) is 11.8. The minimum atomic E-state index is 0.252. The van der Waals surface area contributed by atoms with Gasteiger partial charge in [-0.25, -0.2) is 4.98 Å². The number of aromatic nitrogens is 1. The summed E-state index contributed by atoms with van der Waals surface area (Å²) in [6, 6.07) is 4.39. The second-order valence-electron chi connectivity index (χ2n) is 9.10. The van der Waals surface area contributed by atoms with Crippen molar-refractivity contribution in [3.05, 3.63) is 23.9 Å². The van der Waals surface area contributed by atoms with E-state index in [1.807, 2.05) is 17.2 Å². The number of hydrogen-bond acceptors (Lipinski definition) is 5. The Labute approximate surface area is 186 Å². The van der Waals surface area contributed by atoms with E-state index in [0.717, 1.165) is 70.3 Å². The van der Waals surface area contributed by atoms with E-state index >= 15 is 0 Å². The molecule has 1 aromatic heterocycles. The summed E-state index contributed by atoms with van der Waals surface area (Å²) in [6.07, 6.45) is 7.38. The summed E-state index contributed by atoms with van der Waals surface area (Å²) in [5, 5.41) is 6.98. The van der Waals surface area contributed by atoms with E-state index in [4.69, 9.17) is 0 Å². The first kappa shape index (κ1) is 21.9. The van der Waals surface area contributed by atoms with Crippen LogP contribution in [0.3, 0.4) is 0 Å². The Kier molecular flexibility index (Phi) is 7.27. The summed E-state index contributed by atoms with van der Waals surface area (Å²) in [5.41, 5.74) is 1.18. The number of rotatable bonds is 5. The molecule has 2 aliphatic heterocycles. The van der Waals surface area contributed by atoms with Crippen molar-refractivity contribution >= 4 is 17.7 Å². The van der Waals surface area contributed by atoms with Gasteiger partial charge >= 0.3 is 0 Å². The van der Waals surface area contributed by atoms with Gasteiger partial charge in [-0.15, -0.1) is 0 Å². The summed E-state index contributed by atoms with van der Waals surface area (Å²) in [4.78, 5) is 28.6. The van der Waals surface area contributed by atoms with Crippen LogP contribution >= 0.6 is 0 Å². The molecule has 1 atom stereocenters. The fraction of sp³-hybridized carbons (Fsp3) is 0.696. The predicted octanol–water partition coefficient (Wildman–Crippen LogP) is 1.29. The van der Waals surface area contributed by atoms with E-state index in [9.17, 15) is 4.79 Å². The maximum Gasteiger partial charge on any atom is 0.225 e. The molecule has 3 heterocycles. The maximum atomic E-state index is 12.7. The zero-order valence-corrected chi connectivity index (χ0v) is 19.0. The molecule has 1 aliphatic carbocycles. The zero-order chi connectivity index (χ0) is 21.6. The minimum absolute atomic E-state index is 0.252. The molecule has 2 N–H and O–H groups in total. The third kappa shape index (κ3) is 5.47. The van der Waals surface area contributed by atoms with Crippen LogP contribution in [0.5, 0.6) is 0 Å². The second kappa shape index (κ2) is 10.3. The summed E-state index contributed by atoms with van der Waals surface area (Å²) in [6.45, 7) is 6.41. The van der Waals surface area contributed by atoms with Gasteiger partial charge in [0, 0.05) is 76.6 Å². The highest BCUT2D eigenvalue weighted by Crippen LogP contribution is 2.28. The molecule has 0 spiro atoms. The first-order valence-electron chi connectivity index (χ1n) is 11.8. The van der Waals surface area contributed by atoms with Gasteiger partial charge in [0.1, 0.15) is 5.82 Å². The van der Waals surface area contributed by atoms with Crippen molar-refractivity contribution in [2.24, 2.45) is 10.9 Å². The summed E-state index contributed by atoms with van der Waals surface area (Å²) in [5.74, 6) is 2.47. The number of anilines is 1. The van der Waals surface area contributed by atoms with Crippen molar-refractivity contribution in [2.45, 2.75) is 44.7 Å². The van der Waals surface area contributed by atoms with Gasteiger partial charge < -0.3 is 25.3 Å². The van der Waals surface area contributed by atoms with Gasteiger partial charge in [-0.3, -0.25) is 9.79 Å². The Morgan fingerprint density at radius 1 is 1.16 bits per heavy atom. The van der Waals surface area contributed by atoms with Crippen molar-refractivity contribution in [2.75, 3.05) is 58.3 Å². The number of pyridine rings is 1. The maximum absolute atomic E-state index is 12.7. The molecule has 1 saturated carbocycles. The Hall–Kier alpha value is -2.35. The first-order chi connectivity index (χ1) is 15.1. The van der Waals surface area contributed by atoms with Gasteiger partial charge in [0.25, 0.3) is 0 Å². The largest absolute Gasteiger partial charge is 0.354 e. The van der Waals surface area contributed by atoms with Crippen LogP contribution < -0.4 is 15.5 Å². The quantitative estimate of drug-likeness (QED) is 0.545. The molecular weight excluding hydrogens is 390 g/mol. The molecule has 8 heteroatoms. The van der Waals surface area contributed by atoms with Gasteiger partial charge in [-0.1, -0.05) is 18.9 Å². The summed E-state index contributed by atoms with van der Waals surface area (Å²) < 4.78 is 0. The Balaban J connectivity index is 1.29. The molecule has 31 heavy (non-hydrogen) atoms. The van der Waals surface area contributed by atoms with Crippen LogP contribution in [-0.2, 0) is 11.3 Å². The van der Waals surface area contributed by atoms with Crippen LogP contribution in [0.15, 0.2) is 23.3 Å². The van der Waals surface area contributed by atoms with Crippen LogP contribution in [0.2, 0.25) is 0 Å². The van der Waals surface area contributed by atoms with E-state index in [2.05, 4.69) is 43.5 Å². The van der Waals surface area contributed by atoms with Crippen LogP contribution in [0, 0.1) is 5.92 Å². The molecule has 4 rings (SSSR count). The molecule has 1 unspecified atom stereocenters. The Morgan fingerprint density at radius 2 is 1.94 bits per heavy atom. The normalized spacial score (nSPS) is 23.4. The van der Waals surface area contributed by atoms with E-state index in [1.165, 1.54) is 18.4 Å². The Bertz CT molecular complexity index is 769. The number of guanidine groups is 1. The number of carbonyl (C=O) groups is 1. The third-order valence-electron chi connectivity index (χ3n) is 6.89. The highest BCUT2D eigenvalue weighted by Gasteiger charge is 2.32. The zero-order valence-electron chi connectivity index (χ0n) is 19.0. The van der Waals surface area contributed by atoms with Gasteiger partial charge in [-0.05, 0) is 32.4 Å². The molecule has 0 aromatic carbocycles. The molecule has 3 aliphatic rings. The van der Waals surface area contributed by atoms with Crippen molar-refractivity contribution in [1.82, 2.24) is 25.4 Å². The summed E-state index contributed by atoms with van der Waals surface area (Å²) in [7, 11) is 3.97. The van der Waals surface area contributed by atoms with Gasteiger partial charge in [0.2, 0.25) is 5.91 Å². The Morgan fingerprint density at radius 3 is 2.68 bits per heavy atom. The predicted molar refractivity (Wildman–Crippen MR) is 124 cm³/mol. The molecule has 1 amide bonds. The lowest BCUT2D eigenvalue weighted by Gasteiger charge is -2.34. The molecule has 8 nitrogen and oxygen atoms in total. The van der Waals surface area contributed by atoms with Gasteiger partial charge in [0.05, 0.1) is 0 Å². The van der Waals surface area contributed by atoms with E-state index in [0.29, 0.717) is 12.5 Å². The lowest BCUT2D eigenvalue weighted by molar-refractivity contribution is -0.134. The monoisotopic (exact) mass is 427 g/mol. The number of nitrogens with one attached hydrogen (secondary N) is 2. The standard InChI is InChI=1S/C23H37N7O/c1-24-23(27-20-9-11-30(17-20)22(31)18-6-3-4-7-18)26-16-19-8-5-10-25-21(19)29-14-12-28(2)13-15-29/h5,8,10,18,20H,3-4,6-7,9,11-17H2,1-2H3,(H2,24,26,27). The van der Waals surface area contributed by atoms with Gasteiger partial charge in [-0.2, -0.15) is 0 Å². The number of amides is 1. The highest BCUT2D eigenvalue weighted by atomic mass is 16.2. The molecule has 3 fully saturated rings. The molecule has 170 valence electrons.